The highest BCUT2D eigenvalue weighted by atomic mass is 79.9. The zero-order chi connectivity index (χ0) is 13.3. The number of anilines is 1. The molecule has 1 nitrogen and oxygen atoms in total. The molecule has 1 saturated carbocycles. The molecule has 0 unspecified atom stereocenters. The molecule has 1 aliphatic rings. The minimum Gasteiger partial charge on any atom is -0.369 e. The van der Waals surface area contributed by atoms with E-state index < -0.39 is 11.7 Å². The molecule has 0 spiro atoms. The van der Waals surface area contributed by atoms with Crippen LogP contribution < -0.4 is 4.90 Å². The summed E-state index contributed by atoms with van der Waals surface area (Å²) in [4.78, 5) is 2.05. The molecule has 0 radical (unpaired) electrons. The monoisotopic (exact) mass is 321 g/mol. The van der Waals surface area contributed by atoms with Crippen LogP contribution in [-0.4, -0.2) is 12.6 Å². The third kappa shape index (κ3) is 2.82. The minimum atomic E-state index is -4.29. The molecule has 0 heterocycles. The van der Waals surface area contributed by atoms with Gasteiger partial charge in [-0.3, -0.25) is 0 Å². The number of hydrogen-bond donors (Lipinski definition) is 0. The second-order valence-electron chi connectivity index (χ2n) is 4.49. The normalized spacial score (nSPS) is 15.8. The maximum absolute atomic E-state index is 13.0. The predicted molar refractivity (Wildman–Crippen MR) is 70.1 cm³/mol. The fourth-order valence-electron chi connectivity index (χ4n) is 2.16. The quantitative estimate of drug-likeness (QED) is 0.733. The van der Waals surface area contributed by atoms with Gasteiger partial charge in [0, 0.05) is 23.6 Å². The van der Waals surface area contributed by atoms with Crippen molar-refractivity contribution >= 4 is 21.6 Å². The van der Waals surface area contributed by atoms with Crippen LogP contribution in [0.5, 0.6) is 0 Å². The molecular formula is C13H15BrF3N. The van der Waals surface area contributed by atoms with E-state index in [0.717, 1.165) is 19.4 Å². The van der Waals surface area contributed by atoms with Gasteiger partial charge in [0.2, 0.25) is 0 Å². The molecule has 5 heteroatoms. The van der Waals surface area contributed by atoms with Gasteiger partial charge in [0.1, 0.15) is 0 Å². The Labute approximate surface area is 113 Å². The van der Waals surface area contributed by atoms with Crippen LogP contribution >= 0.6 is 15.9 Å². The van der Waals surface area contributed by atoms with E-state index >= 15 is 0 Å². The fourth-order valence-corrected chi connectivity index (χ4v) is 2.65. The number of nitrogens with zero attached hydrogens (tertiary/aromatic N) is 1. The fraction of sp³-hybridized carbons (Fsp3) is 0.538. The molecule has 1 fully saturated rings. The van der Waals surface area contributed by atoms with Gasteiger partial charge in [-0.15, -0.1) is 0 Å². The Balaban J connectivity index is 2.38. The van der Waals surface area contributed by atoms with Gasteiger partial charge in [0.15, 0.2) is 0 Å². The third-order valence-corrected chi connectivity index (χ3v) is 3.81. The van der Waals surface area contributed by atoms with Gasteiger partial charge in [-0.2, -0.15) is 13.2 Å². The van der Waals surface area contributed by atoms with Crippen molar-refractivity contribution in [2.24, 2.45) is 0 Å². The summed E-state index contributed by atoms with van der Waals surface area (Å²) in [5.74, 6) is 0. The summed E-state index contributed by atoms with van der Waals surface area (Å²) in [6.07, 6.45) is -2.13. The lowest BCUT2D eigenvalue weighted by Crippen LogP contribution is -2.25. The highest BCUT2D eigenvalue weighted by Gasteiger charge is 2.35. The predicted octanol–water partition coefficient (Wildman–Crippen LogP) is 4.59. The Morgan fingerprint density at radius 1 is 1.33 bits per heavy atom. The van der Waals surface area contributed by atoms with Crippen molar-refractivity contribution in [3.63, 3.8) is 0 Å². The molecule has 0 aromatic heterocycles. The maximum Gasteiger partial charge on any atom is 0.416 e. The van der Waals surface area contributed by atoms with Crippen molar-refractivity contribution in [2.75, 3.05) is 11.4 Å². The van der Waals surface area contributed by atoms with E-state index in [-0.39, 0.29) is 10.9 Å². The highest BCUT2D eigenvalue weighted by molar-refractivity contribution is 9.08. The van der Waals surface area contributed by atoms with Crippen molar-refractivity contribution in [3.05, 3.63) is 29.3 Å². The third-order valence-electron chi connectivity index (χ3n) is 3.20. The van der Waals surface area contributed by atoms with Crippen LogP contribution in [0.25, 0.3) is 0 Å². The molecular weight excluding hydrogens is 307 g/mol. The van der Waals surface area contributed by atoms with Crippen LogP contribution in [0.1, 0.15) is 30.9 Å². The smallest absolute Gasteiger partial charge is 0.369 e. The van der Waals surface area contributed by atoms with E-state index in [2.05, 4.69) is 15.9 Å². The molecule has 0 N–H and O–H groups in total. The summed E-state index contributed by atoms with van der Waals surface area (Å²) in [7, 11) is 0. The first-order valence-electron chi connectivity index (χ1n) is 6.00. The highest BCUT2D eigenvalue weighted by Crippen LogP contribution is 2.38. The Morgan fingerprint density at radius 3 is 2.44 bits per heavy atom. The standard InChI is InChI=1S/C13H15BrF3N/c1-2-18(10-5-6-10)11-4-3-9(8-14)12(7-11)13(15,16)17/h3-4,7,10H,2,5-6,8H2,1H3. The van der Waals surface area contributed by atoms with Gasteiger partial charge in [-0.25, -0.2) is 0 Å². The minimum absolute atomic E-state index is 0.220. The molecule has 0 aliphatic heterocycles. The summed E-state index contributed by atoms with van der Waals surface area (Å²) in [5, 5.41) is 0.220. The van der Waals surface area contributed by atoms with Gasteiger partial charge in [-0.1, -0.05) is 22.0 Å². The Hall–Kier alpha value is -0.710. The Kier molecular flexibility index (Phi) is 3.90. The Morgan fingerprint density at radius 2 is 2.00 bits per heavy atom. The van der Waals surface area contributed by atoms with Gasteiger partial charge in [0.25, 0.3) is 0 Å². The number of hydrogen-bond acceptors (Lipinski definition) is 1. The zero-order valence-electron chi connectivity index (χ0n) is 10.1. The van der Waals surface area contributed by atoms with Crippen LogP contribution in [-0.2, 0) is 11.5 Å². The van der Waals surface area contributed by atoms with Gasteiger partial charge < -0.3 is 4.90 Å². The van der Waals surface area contributed by atoms with Crippen LogP contribution in [0, 0.1) is 0 Å². The van der Waals surface area contributed by atoms with Gasteiger partial charge in [0.05, 0.1) is 5.56 Å². The maximum atomic E-state index is 13.0. The molecule has 2 rings (SSSR count). The number of benzene rings is 1. The topological polar surface area (TPSA) is 3.24 Å². The second-order valence-corrected chi connectivity index (χ2v) is 5.05. The van der Waals surface area contributed by atoms with Crippen molar-refractivity contribution < 1.29 is 13.2 Å². The molecule has 1 aromatic carbocycles. The number of rotatable bonds is 4. The average molecular weight is 322 g/mol. The SMILES string of the molecule is CCN(c1ccc(CBr)c(C(F)(F)F)c1)C1CC1. The van der Waals surface area contributed by atoms with E-state index in [4.69, 9.17) is 0 Å². The first-order chi connectivity index (χ1) is 8.47. The van der Waals surface area contributed by atoms with Crippen molar-refractivity contribution in [2.45, 2.75) is 37.3 Å². The molecule has 0 bridgehead atoms. The van der Waals surface area contributed by atoms with Crippen LogP contribution in [0.4, 0.5) is 18.9 Å². The van der Waals surface area contributed by atoms with E-state index in [1.807, 2.05) is 11.8 Å². The summed E-state index contributed by atoms with van der Waals surface area (Å²) < 4.78 is 38.9. The summed E-state index contributed by atoms with van der Waals surface area (Å²) in [6.45, 7) is 2.72. The Bertz CT molecular complexity index is 427. The first-order valence-corrected chi connectivity index (χ1v) is 7.12. The summed E-state index contributed by atoms with van der Waals surface area (Å²) >= 11 is 3.11. The first kappa shape index (κ1) is 13.7. The van der Waals surface area contributed by atoms with E-state index in [1.54, 1.807) is 12.1 Å². The summed E-state index contributed by atoms with van der Waals surface area (Å²) in [6, 6.07) is 5.05. The van der Waals surface area contributed by atoms with E-state index in [0.29, 0.717) is 11.7 Å². The van der Waals surface area contributed by atoms with E-state index in [9.17, 15) is 13.2 Å². The van der Waals surface area contributed by atoms with Crippen LogP contribution in [0.2, 0.25) is 0 Å². The second kappa shape index (κ2) is 5.11. The van der Waals surface area contributed by atoms with Crippen LogP contribution in [0.15, 0.2) is 18.2 Å². The van der Waals surface area contributed by atoms with Crippen molar-refractivity contribution in [1.82, 2.24) is 0 Å². The molecule has 1 aromatic rings. The lowest BCUT2D eigenvalue weighted by Gasteiger charge is -2.24. The van der Waals surface area contributed by atoms with Crippen molar-refractivity contribution in [1.29, 1.82) is 0 Å². The molecule has 18 heavy (non-hydrogen) atoms. The zero-order valence-corrected chi connectivity index (χ0v) is 11.7. The lowest BCUT2D eigenvalue weighted by atomic mass is 10.1. The largest absolute Gasteiger partial charge is 0.416 e. The molecule has 0 atom stereocenters. The van der Waals surface area contributed by atoms with Crippen molar-refractivity contribution in [3.8, 4) is 0 Å². The number of halogens is 4. The van der Waals surface area contributed by atoms with E-state index in [1.165, 1.54) is 6.07 Å². The molecule has 100 valence electrons. The van der Waals surface area contributed by atoms with Gasteiger partial charge >= 0.3 is 6.18 Å². The molecule has 0 amide bonds. The lowest BCUT2D eigenvalue weighted by molar-refractivity contribution is -0.138. The molecule has 1 aliphatic carbocycles. The summed E-state index contributed by atoms with van der Waals surface area (Å²) in [5.41, 5.74) is 0.436. The average Bonchev–Trinajstić information content (AvgIpc) is 3.13. The van der Waals surface area contributed by atoms with Gasteiger partial charge in [-0.05, 0) is 37.5 Å². The number of alkyl halides is 4. The molecule has 0 saturated heterocycles. The van der Waals surface area contributed by atoms with Crippen LogP contribution in [0.3, 0.4) is 0 Å².